The molecule has 0 spiro atoms. The molecule has 0 aliphatic rings. The van der Waals surface area contributed by atoms with E-state index in [1.54, 1.807) is 0 Å². The number of anilines is 2. The maximum Gasteiger partial charge on any atom is 0.198 e. The van der Waals surface area contributed by atoms with E-state index in [1.165, 1.54) is 30.6 Å². The number of hydrogen-bond acceptors (Lipinski definition) is 4. The van der Waals surface area contributed by atoms with Gasteiger partial charge in [-0.05, 0) is 24.3 Å². The molecule has 0 saturated carbocycles. The number of nitrogen functional groups attached to an aromatic ring is 2. The third-order valence-corrected chi connectivity index (χ3v) is 2.36. The van der Waals surface area contributed by atoms with Crippen LogP contribution in [0.5, 0.6) is 0 Å². The van der Waals surface area contributed by atoms with Gasteiger partial charge in [-0.3, -0.25) is 9.78 Å². The highest BCUT2D eigenvalue weighted by Crippen LogP contribution is 2.20. The summed E-state index contributed by atoms with van der Waals surface area (Å²) in [6.45, 7) is 0. The minimum absolute atomic E-state index is 0.0877. The number of halogens is 1. The average Bonchev–Trinajstić information content (AvgIpc) is 2.32. The molecule has 0 saturated heterocycles. The largest absolute Gasteiger partial charge is 0.398 e. The van der Waals surface area contributed by atoms with Crippen molar-refractivity contribution in [2.75, 3.05) is 11.5 Å². The third kappa shape index (κ3) is 2.08. The van der Waals surface area contributed by atoms with Crippen molar-refractivity contribution in [3.05, 3.63) is 53.6 Å². The first-order valence-electron chi connectivity index (χ1n) is 4.89. The predicted molar refractivity (Wildman–Crippen MR) is 62.9 cm³/mol. The Hall–Kier alpha value is -2.43. The van der Waals surface area contributed by atoms with E-state index in [0.717, 1.165) is 6.07 Å². The number of benzene rings is 1. The van der Waals surface area contributed by atoms with Gasteiger partial charge in [0, 0.05) is 29.3 Å². The Morgan fingerprint density at radius 1 is 1.12 bits per heavy atom. The van der Waals surface area contributed by atoms with E-state index >= 15 is 0 Å². The highest BCUT2D eigenvalue weighted by atomic mass is 19.1. The molecule has 0 radical (unpaired) electrons. The van der Waals surface area contributed by atoms with Crippen LogP contribution < -0.4 is 11.5 Å². The van der Waals surface area contributed by atoms with Crippen LogP contribution in [0.1, 0.15) is 15.9 Å². The minimum Gasteiger partial charge on any atom is -0.398 e. The number of rotatable bonds is 2. The van der Waals surface area contributed by atoms with Crippen molar-refractivity contribution in [2.45, 2.75) is 0 Å². The topological polar surface area (TPSA) is 82.0 Å². The molecule has 0 fully saturated rings. The zero-order chi connectivity index (χ0) is 12.4. The first kappa shape index (κ1) is 11.1. The molecule has 2 aromatic rings. The summed E-state index contributed by atoms with van der Waals surface area (Å²) < 4.78 is 13.1. The molecule has 0 amide bonds. The van der Waals surface area contributed by atoms with E-state index in [-0.39, 0.29) is 22.5 Å². The van der Waals surface area contributed by atoms with Gasteiger partial charge in [0.25, 0.3) is 0 Å². The van der Waals surface area contributed by atoms with Crippen LogP contribution in [0.25, 0.3) is 0 Å². The van der Waals surface area contributed by atoms with Gasteiger partial charge < -0.3 is 11.5 Å². The predicted octanol–water partition coefficient (Wildman–Crippen LogP) is 1.62. The monoisotopic (exact) mass is 231 g/mol. The second-order valence-corrected chi connectivity index (χ2v) is 3.52. The van der Waals surface area contributed by atoms with Crippen molar-refractivity contribution in [3.8, 4) is 0 Å². The van der Waals surface area contributed by atoms with Gasteiger partial charge in [0.15, 0.2) is 5.78 Å². The first-order chi connectivity index (χ1) is 8.09. The van der Waals surface area contributed by atoms with Crippen molar-refractivity contribution in [1.82, 2.24) is 4.98 Å². The molecule has 1 aromatic carbocycles. The molecule has 4 N–H and O–H groups in total. The van der Waals surface area contributed by atoms with Gasteiger partial charge in [0.1, 0.15) is 5.82 Å². The van der Waals surface area contributed by atoms with Crippen LogP contribution in [0.2, 0.25) is 0 Å². The van der Waals surface area contributed by atoms with Crippen LogP contribution in [0, 0.1) is 5.82 Å². The zero-order valence-electron chi connectivity index (χ0n) is 8.85. The highest BCUT2D eigenvalue weighted by molar-refractivity contribution is 6.14. The van der Waals surface area contributed by atoms with Crippen LogP contribution >= 0.6 is 0 Å². The number of carbonyl (C=O) groups is 1. The van der Waals surface area contributed by atoms with Crippen LogP contribution in [0.3, 0.4) is 0 Å². The Kier molecular flexibility index (Phi) is 2.74. The fourth-order valence-corrected chi connectivity index (χ4v) is 1.47. The maximum atomic E-state index is 13.1. The zero-order valence-corrected chi connectivity index (χ0v) is 8.85. The van der Waals surface area contributed by atoms with Crippen molar-refractivity contribution in [2.24, 2.45) is 0 Å². The second-order valence-electron chi connectivity index (χ2n) is 3.52. The van der Waals surface area contributed by atoms with E-state index < -0.39 is 11.6 Å². The highest BCUT2D eigenvalue weighted by Gasteiger charge is 2.15. The van der Waals surface area contributed by atoms with Gasteiger partial charge in [-0.1, -0.05) is 0 Å². The molecule has 0 aliphatic carbocycles. The van der Waals surface area contributed by atoms with E-state index in [2.05, 4.69) is 4.98 Å². The molecule has 5 heteroatoms. The lowest BCUT2D eigenvalue weighted by atomic mass is 10.0. The molecule has 0 bridgehead atoms. The van der Waals surface area contributed by atoms with Gasteiger partial charge in [-0.25, -0.2) is 4.39 Å². The van der Waals surface area contributed by atoms with Crippen molar-refractivity contribution in [3.63, 3.8) is 0 Å². The van der Waals surface area contributed by atoms with Crippen molar-refractivity contribution >= 4 is 17.2 Å². The average molecular weight is 231 g/mol. The number of nitrogens with zero attached hydrogens (tertiary/aromatic N) is 1. The number of nitrogens with two attached hydrogens (primary N) is 2. The smallest absolute Gasteiger partial charge is 0.198 e. The number of aromatic nitrogens is 1. The molecule has 0 aliphatic heterocycles. The molecule has 0 atom stereocenters. The summed E-state index contributed by atoms with van der Waals surface area (Å²) in [5, 5.41) is 0. The summed E-state index contributed by atoms with van der Waals surface area (Å²) in [4.78, 5) is 15.9. The number of hydrogen-bond donors (Lipinski definition) is 2. The molecular weight excluding hydrogens is 221 g/mol. The second kappa shape index (κ2) is 4.21. The lowest BCUT2D eigenvalue weighted by Crippen LogP contribution is -2.09. The van der Waals surface area contributed by atoms with Gasteiger partial charge in [-0.2, -0.15) is 0 Å². The Bertz CT molecular complexity index is 584. The van der Waals surface area contributed by atoms with E-state index in [1.807, 2.05) is 0 Å². The molecule has 2 rings (SSSR count). The van der Waals surface area contributed by atoms with Crippen LogP contribution in [-0.2, 0) is 0 Å². The van der Waals surface area contributed by atoms with Crippen molar-refractivity contribution < 1.29 is 9.18 Å². The Balaban J connectivity index is 2.51. The van der Waals surface area contributed by atoms with Crippen LogP contribution in [0.4, 0.5) is 15.8 Å². The molecule has 1 heterocycles. The van der Waals surface area contributed by atoms with E-state index in [4.69, 9.17) is 11.5 Å². The molecule has 1 aromatic heterocycles. The fourth-order valence-electron chi connectivity index (χ4n) is 1.47. The SMILES string of the molecule is Nc1ccncc1C(=O)c1cc(F)ccc1N. The lowest BCUT2D eigenvalue weighted by molar-refractivity contribution is 0.103. The number of pyridine rings is 1. The molecule has 86 valence electrons. The molecule has 17 heavy (non-hydrogen) atoms. The number of ketones is 1. The Morgan fingerprint density at radius 3 is 2.53 bits per heavy atom. The quantitative estimate of drug-likeness (QED) is 0.607. The lowest BCUT2D eigenvalue weighted by Gasteiger charge is -2.06. The molecule has 4 nitrogen and oxygen atoms in total. The number of carbonyl (C=O) groups excluding carboxylic acids is 1. The summed E-state index contributed by atoms with van der Waals surface area (Å²) in [7, 11) is 0. The van der Waals surface area contributed by atoms with E-state index in [9.17, 15) is 9.18 Å². The maximum absolute atomic E-state index is 13.1. The Labute approximate surface area is 97.1 Å². The molecule has 0 unspecified atom stereocenters. The minimum atomic E-state index is -0.523. The van der Waals surface area contributed by atoms with Gasteiger partial charge in [0.05, 0.1) is 5.56 Å². The fraction of sp³-hybridized carbons (Fsp3) is 0. The Morgan fingerprint density at radius 2 is 1.82 bits per heavy atom. The summed E-state index contributed by atoms with van der Waals surface area (Å²) >= 11 is 0. The summed E-state index contributed by atoms with van der Waals surface area (Å²) in [6, 6.07) is 5.13. The normalized spacial score (nSPS) is 10.2. The van der Waals surface area contributed by atoms with Crippen molar-refractivity contribution in [1.29, 1.82) is 0 Å². The first-order valence-corrected chi connectivity index (χ1v) is 4.89. The summed E-state index contributed by atoms with van der Waals surface area (Å²) in [5.41, 5.74) is 12.1. The summed E-state index contributed by atoms with van der Waals surface area (Å²) in [5.74, 6) is -0.961. The summed E-state index contributed by atoms with van der Waals surface area (Å²) in [6.07, 6.45) is 2.81. The van der Waals surface area contributed by atoms with Gasteiger partial charge in [0.2, 0.25) is 0 Å². The molecular formula is C12H10FN3O. The van der Waals surface area contributed by atoms with Gasteiger partial charge >= 0.3 is 0 Å². The van der Waals surface area contributed by atoms with Crippen LogP contribution in [-0.4, -0.2) is 10.8 Å². The van der Waals surface area contributed by atoms with Gasteiger partial charge in [-0.15, -0.1) is 0 Å². The third-order valence-electron chi connectivity index (χ3n) is 2.36. The van der Waals surface area contributed by atoms with Crippen LogP contribution in [0.15, 0.2) is 36.7 Å². The standard InChI is InChI=1S/C12H10FN3O/c13-7-1-2-10(14)8(5-7)12(17)9-6-16-4-3-11(9)15/h1-6H,14H2,(H2,15,16). The van der Waals surface area contributed by atoms with E-state index in [0.29, 0.717) is 0 Å².